The SMILES string of the molecule is c1ccc(-c2cccc(-n3c4ccccc4c4ccc5c6ccccc6n(-c6cccc(-c7cccc8c7sc7ccccc78)n6)c5c43)n2)cc1. The molecular formula is C46H28N4S. The number of hydrogen-bond donors (Lipinski definition) is 0. The van der Waals surface area contributed by atoms with Crippen LogP contribution in [0, 0.1) is 0 Å². The largest absolute Gasteiger partial charge is 0.292 e. The predicted octanol–water partition coefficient (Wildman–Crippen LogP) is 12.4. The van der Waals surface area contributed by atoms with E-state index < -0.39 is 0 Å². The van der Waals surface area contributed by atoms with Crippen LogP contribution in [0.3, 0.4) is 0 Å². The molecule has 0 saturated heterocycles. The standard InChI is InChI=1S/C46H28N4S/c1-2-13-29(14-3-1)37-20-11-25-42(47-37)49-39-22-7-4-15-30(39)33-27-28-34-31-16-5-8-23-40(31)50(45(34)44(33)49)43-26-12-21-38(48-43)36-19-10-18-35-32-17-6-9-24-41(32)51-46(35)36/h1-28H. The van der Waals surface area contributed by atoms with Gasteiger partial charge >= 0.3 is 0 Å². The van der Waals surface area contributed by atoms with E-state index in [0.29, 0.717) is 0 Å². The lowest BCUT2D eigenvalue weighted by Gasteiger charge is -2.13. The molecule has 11 aromatic rings. The molecule has 0 saturated carbocycles. The van der Waals surface area contributed by atoms with Crippen LogP contribution in [0.2, 0.25) is 0 Å². The molecule has 6 aromatic carbocycles. The van der Waals surface area contributed by atoms with E-state index in [9.17, 15) is 0 Å². The zero-order chi connectivity index (χ0) is 33.5. The van der Waals surface area contributed by atoms with Crippen molar-refractivity contribution in [3.63, 3.8) is 0 Å². The smallest absolute Gasteiger partial charge is 0.138 e. The Hall–Kier alpha value is -6.56. The van der Waals surface area contributed by atoms with Crippen molar-refractivity contribution in [2.75, 3.05) is 0 Å². The van der Waals surface area contributed by atoms with E-state index in [2.05, 4.69) is 173 Å². The van der Waals surface area contributed by atoms with Gasteiger partial charge in [0.25, 0.3) is 0 Å². The van der Waals surface area contributed by atoms with Crippen LogP contribution in [-0.2, 0) is 0 Å². The molecule has 0 spiro atoms. The first-order valence-corrected chi connectivity index (χ1v) is 18.0. The second kappa shape index (κ2) is 11.0. The van der Waals surface area contributed by atoms with Crippen molar-refractivity contribution in [3.8, 4) is 34.2 Å². The summed E-state index contributed by atoms with van der Waals surface area (Å²) in [5.74, 6) is 1.76. The highest BCUT2D eigenvalue weighted by Gasteiger charge is 2.22. The van der Waals surface area contributed by atoms with E-state index in [1.807, 2.05) is 17.4 Å². The number of hydrogen-bond acceptors (Lipinski definition) is 3. The Labute approximate surface area is 297 Å². The summed E-state index contributed by atoms with van der Waals surface area (Å²) in [5.41, 5.74) is 8.60. The molecule has 238 valence electrons. The van der Waals surface area contributed by atoms with Gasteiger partial charge in [0.2, 0.25) is 0 Å². The number of fused-ring (bicyclic) bond motifs is 10. The van der Waals surface area contributed by atoms with Gasteiger partial charge in [0.15, 0.2) is 0 Å². The Morgan fingerprint density at radius 3 is 1.59 bits per heavy atom. The zero-order valence-corrected chi connectivity index (χ0v) is 28.2. The van der Waals surface area contributed by atoms with Gasteiger partial charge in [-0.05, 0) is 42.5 Å². The average Bonchev–Trinajstić information content (AvgIpc) is 3.86. The van der Waals surface area contributed by atoms with Crippen LogP contribution < -0.4 is 0 Å². The second-order valence-corrected chi connectivity index (χ2v) is 14.0. The lowest BCUT2D eigenvalue weighted by Crippen LogP contribution is -2.02. The molecule has 11 rings (SSSR count). The normalized spacial score (nSPS) is 11.9. The number of pyridine rings is 2. The summed E-state index contributed by atoms with van der Waals surface area (Å²) in [4.78, 5) is 10.8. The van der Waals surface area contributed by atoms with Crippen LogP contribution in [-0.4, -0.2) is 19.1 Å². The van der Waals surface area contributed by atoms with Crippen molar-refractivity contribution in [1.29, 1.82) is 0 Å². The molecule has 0 aliphatic heterocycles. The number of aromatic nitrogens is 4. The first-order valence-electron chi connectivity index (χ1n) is 17.2. The minimum atomic E-state index is 0.880. The third-order valence-electron chi connectivity index (χ3n) is 10.1. The molecule has 0 unspecified atom stereocenters. The van der Waals surface area contributed by atoms with E-state index >= 15 is 0 Å². The van der Waals surface area contributed by atoms with Crippen LogP contribution in [0.5, 0.6) is 0 Å². The molecular weight excluding hydrogens is 641 g/mol. The molecule has 0 aliphatic rings. The summed E-state index contributed by atoms with van der Waals surface area (Å²) in [5, 5.41) is 7.31. The van der Waals surface area contributed by atoms with Gasteiger partial charge in [-0.2, -0.15) is 0 Å². The van der Waals surface area contributed by atoms with Crippen LogP contribution >= 0.6 is 11.3 Å². The van der Waals surface area contributed by atoms with Crippen molar-refractivity contribution >= 4 is 75.1 Å². The topological polar surface area (TPSA) is 35.6 Å². The molecule has 0 amide bonds. The van der Waals surface area contributed by atoms with Crippen molar-refractivity contribution in [3.05, 3.63) is 170 Å². The molecule has 0 aliphatic carbocycles. The quantitative estimate of drug-likeness (QED) is 0.187. The van der Waals surface area contributed by atoms with Gasteiger partial charge in [0.1, 0.15) is 11.6 Å². The van der Waals surface area contributed by atoms with E-state index in [1.54, 1.807) is 0 Å². The van der Waals surface area contributed by atoms with Crippen molar-refractivity contribution in [2.24, 2.45) is 0 Å². The van der Waals surface area contributed by atoms with Crippen molar-refractivity contribution in [2.45, 2.75) is 0 Å². The van der Waals surface area contributed by atoms with E-state index in [4.69, 9.17) is 9.97 Å². The molecule has 4 nitrogen and oxygen atoms in total. The maximum Gasteiger partial charge on any atom is 0.138 e. The van der Waals surface area contributed by atoms with Gasteiger partial charge in [0.05, 0.1) is 33.5 Å². The molecule has 0 radical (unpaired) electrons. The Morgan fingerprint density at radius 2 is 0.902 bits per heavy atom. The highest BCUT2D eigenvalue weighted by molar-refractivity contribution is 7.26. The van der Waals surface area contributed by atoms with Crippen LogP contribution in [0.4, 0.5) is 0 Å². The summed E-state index contributed by atoms with van der Waals surface area (Å²) in [7, 11) is 0. The molecule has 0 fully saturated rings. The van der Waals surface area contributed by atoms with Crippen molar-refractivity contribution < 1.29 is 0 Å². The third-order valence-corrected chi connectivity index (χ3v) is 11.4. The molecule has 5 aromatic heterocycles. The second-order valence-electron chi connectivity index (χ2n) is 13.0. The Balaban J connectivity index is 1.23. The van der Waals surface area contributed by atoms with Gasteiger partial charge < -0.3 is 0 Å². The maximum atomic E-state index is 5.47. The van der Waals surface area contributed by atoms with Gasteiger partial charge in [-0.1, -0.05) is 127 Å². The van der Waals surface area contributed by atoms with E-state index in [1.165, 1.54) is 41.7 Å². The Kier molecular flexibility index (Phi) is 6.09. The minimum Gasteiger partial charge on any atom is -0.292 e. The van der Waals surface area contributed by atoms with Crippen LogP contribution in [0.1, 0.15) is 0 Å². The summed E-state index contributed by atoms with van der Waals surface area (Å²) in [6, 6.07) is 60.3. The number of nitrogens with zero attached hydrogens (tertiary/aromatic N) is 4. The number of para-hydroxylation sites is 2. The molecule has 5 heteroatoms. The summed E-state index contributed by atoms with van der Waals surface area (Å²) >= 11 is 1.84. The van der Waals surface area contributed by atoms with Gasteiger partial charge in [-0.3, -0.25) is 9.13 Å². The molecule has 5 heterocycles. The summed E-state index contributed by atoms with van der Waals surface area (Å²) < 4.78 is 7.25. The fraction of sp³-hybridized carbons (Fsp3) is 0. The Morgan fingerprint density at radius 1 is 0.373 bits per heavy atom. The van der Waals surface area contributed by atoms with E-state index in [0.717, 1.165) is 56.2 Å². The molecule has 51 heavy (non-hydrogen) atoms. The lowest BCUT2D eigenvalue weighted by molar-refractivity contribution is 1.06. The van der Waals surface area contributed by atoms with Crippen molar-refractivity contribution in [1.82, 2.24) is 19.1 Å². The Bertz CT molecular complexity index is 3150. The lowest BCUT2D eigenvalue weighted by atomic mass is 10.1. The molecule has 0 atom stereocenters. The highest BCUT2D eigenvalue weighted by Crippen LogP contribution is 2.43. The number of benzene rings is 6. The minimum absolute atomic E-state index is 0.880. The van der Waals surface area contributed by atoms with Crippen LogP contribution in [0.15, 0.2) is 170 Å². The first-order chi connectivity index (χ1) is 25.3. The average molecular weight is 669 g/mol. The first kappa shape index (κ1) is 28.3. The van der Waals surface area contributed by atoms with Gasteiger partial charge in [-0.15, -0.1) is 11.3 Å². The van der Waals surface area contributed by atoms with Crippen LogP contribution in [0.25, 0.3) is 97.9 Å². The van der Waals surface area contributed by atoms with E-state index in [-0.39, 0.29) is 0 Å². The molecule has 0 bridgehead atoms. The predicted molar refractivity (Wildman–Crippen MR) is 214 cm³/mol. The van der Waals surface area contributed by atoms with Gasteiger partial charge in [-0.25, -0.2) is 9.97 Å². The third kappa shape index (κ3) is 4.19. The fourth-order valence-electron chi connectivity index (χ4n) is 7.94. The zero-order valence-electron chi connectivity index (χ0n) is 27.4. The summed E-state index contributed by atoms with van der Waals surface area (Å²) in [6.45, 7) is 0. The van der Waals surface area contributed by atoms with Gasteiger partial charge in [0, 0.05) is 52.8 Å². The fourth-order valence-corrected chi connectivity index (χ4v) is 9.17. The molecule has 0 N–H and O–H groups in total. The number of thiophene rings is 1. The number of rotatable bonds is 4. The maximum absolute atomic E-state index is 5.47. The highest BCUT2D eigenvalue weighted by atomic mass is 32.1. The summed E-state index contributed by atoms with van der Waals surface area (Å²) in [6.07, 6.45) is 0. The monoisotopic (exact) mass is 668 g/mol.